The zero-order valence-corrected chi connectivity index (χ0v) is 16.6. The number of hydrogen-bond acceptors (Lipinski definition) is 5. The highest BCUT2D eigenvalue weighted by Crippen LogP contribution is 2.27. The minimum absolute atomic E-state index is 0.0659. The van der Waals surface area contributed by atoms with Crippen LogP contribution in [0.5, 0.6) is 0 Å². The quantitative estimate of drug-likeness (QED) is 0.682. The van der Waals surface area contributed by atoms with Gasteiger partial charge in [-0.3, -0.25) is 4.79 Å². The van der Waals surface area contributed by atoms with Crippen molar-refractivity contribution < 1.29 is 9.59 Å². The van der Waals surface area contributed by atoms with E-state index in [0.717, 1.165) is 16.3 Å². The molecule has 0 saturated carbocycles. The summed E-state index contributed by atoms with van der Waals surface area (Å²) in [6.45, 7) is 1.09. The standard InChI is InChI=1S/C21H21N5O2S/c27-18(23-20-25-24-19(29-20)16-7-3-1-4-8-16)15-11-13-26(14-12-15)21(28)22-17-9-5-2-6-10-17/h1-10,15H,11-14H2,(H,22,28)(H,23,25,27). The van der Waals surface area contributed by atoms with Gasteiger partial charge in [0.25, 0.3) is 0 Å². The number of nitrogens with zero attached hydrogens (tertiary/aromatic N) is 3. The van der Waals surface area contributed by atoms with Crippen LogP contribution in [-0.2, 0) is 4.79 Å². The Morgan fingerprint density at radius 1 is 0.897 bits per heavy atom. The highest BCUT2D eigenvalue weighted by Gasteiger charge is 2.28. The van der Waals surface area contributed by atoms with Crippen molar-refractivity contribution in [3.05, 3.63) is 60.7 Å². The average Bonchev–Trinajstić information content (AvgIpc) is 3.23. The first kappa shape index (κ1) is 19.1. The molecule has 1 aromatic heterocycles. The van der Waals surface area contributed by atoms with Crippen molar-refractivity contribution >= 4 is 34.1 Å². The second-order valence-corrected chi connectivity index (χ2v) is 7.80. The van der Waals surface area contributed by atoms with E-state index in [2.05, 4.69) is 20.8 Å². The predicted octanol–water partition coefficient (Wildman–Crippen LogP) is 4.09. The summed E-state index contributed by atoms with van der Waals surface area (Å²) in [4.78, 5) is 26.7. The molecule has 2 heterocycles. The molecule has 4 rings (SSSR count). The summed E-state index contributed by atoms with van der Waals surface area (Å²) in [5, 5.41) is 15.3. The van der Waals surface area contributed by atoms with Gasteiger partial charge in [-0.15, -0.1) is 10.2 Å². The molecule has 3 amide bonds. The van der Waals surface area contributed by atoms with E-state index in [9.17, 15) is 9.59 Å². The van der Waals surface area contributed by atoms with Crippen LogP contribution in [0, 0.1) is 5.92 Å². The Kier molecular flexibility index (Phi) is 5.81. The van der Waals surface area contributed by atoms with Crippen LogP contribution in [0.3, 0.4) is 0 Å². The van der Waals surface area contributed by atoms with E-state index in [1.807, 2.05) is 60.7 Å². The third-order valence-electron chi connectivity index (χ3n) is 4.85. The molecule has 1 fully saturated rings. The summed E-state index contributed by atoms with van der Waals surface area (Å²) in [6.07, 6.45) is 1.25. The maximum absolute atomic E-state index is 12.6. The number of likely N-dealkylation sites (tertiary alicyclic amines) is 1. The zero-order chi connectivity index (χ0) is 20.1. The molecule has 1 aliphatic rings. The fourth-order valence-corrected chi connectivity index (χ4v) is 4.00. The van der Waals surface area contributed by atoms with Crippen molar-refractivity contribution in [2.75, 3.05) is 23.7 Å². The maximum atomic E-state index is 12.6. The van der Waals surface area contributed by atoms with Crippen LogP contribution >= 0.6 is 11.3 Å². The molecular weight excluding hydrogens is 386 g/mol. The zero-order valence-electron chi connectivity index (χ0n) is 15.7. The summed E-state index contributed by atoms with van der Waals surface area (Å²) in [6, 6.07) is 19.0. The van der Waals surface area contributed by atoms with Crippen molar-refractivity contribution in [1.29, 1.82) is 0 Å². The molecule has 2 N–H and O–H groups in total. The normalized spacial score (nSPS) is 14.4. The average molecular weight is 407 g/mol. The number of aromatic nitrogens is 2. The second kappa shape index (κ2) is 8.83. The Balaban J connectivity index is 1.28. The van der Waals surface area contributed by atoms with Gasteiger partial charge >= 0.3 is 6.03 Å². The molecule has 0 bridgehead atoms. The number of urea groups is 1. The van der Waals surface area contributed by atoms with Gasteiger partial charge < -0.3 is 15.5 Å². The molecule has 0 unspecified atom stereocenters. The number of piperidine rings is 1. The van der Waals surface area contributed by atoms with Gasteiger partial charge in [0.2, 0.25) is 11.0 Å². The van der Waals surface area contributed by atoms with E-state index >= 15 is 0 Å². The summed E-state index contributed by atoms with van der Waals surface area (Å²) < 4.78 is 0. The molecule has 29 heavy (non-hydrogen) atoms. The number of benzene rings is 2. The Morgan fingerprint density at radius 2 is 1.55 bits per heavy atom. The van der Waals surface area contributed by atoms with E-state index in [1.165, 1.54) is 11.3 Å². The van der Waals surface area contributed by atoms with Crippen LogP contribution in [0.15, 0.2) is 60.7 Å². The number of nitrogens with one attached hydrogen (secondary N) is 2. The van der Waals surface area contributed by atoms with Crippen LogP contribution in [0.1, 0.15) is 12.8 Å². The Bertz CT molecular complexity index is 969. The summed E-state index contributed by atoms with van der Waals surface area (Å²) in [5.74, 6) is -0.205. The molecule has 8 heteroatoms. The van der Waals surface area contributed by atoms with E-state index in [1.54, 1.807) is 4.90 Å². The van der Waals surface area contributed by atoms with E-state index in [-0.39, 0.29) is 17.9 Å². The first-order valence-corrected chi connectivity index (χ1v) is 10.3. The van der Waals surface area contributed by atoms with Crippen LogP contribution in [0.2, 0.25) is 0 Å². The number of amides is 3. The van der Waals surface area contributed by atoms with Crippen LogP contribution in [-0.4, -0.2) is 40.1 Å². The van der Waals surface area contributed by atoms with Crippen LogP contribution in [0.25, 0.3) is 10.6 Å². The van der Waals surface area contributed by atoms with Crippen LogP contribution in [0.4, 0.5) is 15.6 Å². The van der Waals surface area contributed by atoms with Crippen molar-refractivity contribution in [3.63, 3.8) is 0 Å². The summed E-state index contributed by atoms with van der Waals surface area (Å²) in [7, 11) is 0. The van der Waals surface area contributed by atoms with Gasteiger partial charge in [0.15, 0.2) is 0 Å². The fourth-order valence-electron chi connectivity index (χ4n) is 3.25. The molecule has 0 spiro atoms. The number of para-hydroxylation sites is 1. The van der Waals surface area contributed by atoms with Crippen molar-refractivity contribution in [2.45, 2.75) is 12.8 Å². The lowest BCUT2D eigenvalue weighted by Gasteiger charge is -2.31. The molecular formula is C21H21N5O2S. The van der Waals surface area contributed by atoms with E-state index in [0.29, 0.717) is 31.1 Å². The molecule has 3 aromatic rings. The molecule has 0 atom stereocenters. The van der Waals surface area contributed by atoms with Gasteiger partial charge in [0.1, 0.15) is 5.01 Å². The molecule has 1 saturated heterocycles. The number of rotatable bonds is 4. The summed E-state index contributed by atoms with van der Waals surface area (Å²) in [5.41, 5.74) is 1.74. The SMILES string of the molecule is O=C(Nc1nnc(-c2ccccc2)s1)C1CCN(C(=O)Nc2ccccc2)CC1. The summed E-state index contributed by atoms with van der Waals surface area (Å²) >= 11 is 1.36. The molecule has 0 radical (unpaired) electrons. The molecule has 2 aromatic carbocycles. The smallest absolute Gasteiger partial charge is 0.321 e. The number of carbonyl (C=O) groups is 2. The monoisotopic (exact) mass is 407 g/mol. The van der Waals surface area contributed by atoms with E-state index < -0.39 is 0 Å². The van der Waals surface area contributed by atoms with Crippen LogP contribution < -0.4 is 10.6 Å². The lowest BCUT2D eigenvalue weighted by atomic mass is 9.96. The van der Waals surface area contributed by atoms with Gasteiger partial charge in [0.05, 0.1) is 0 Å². The first-order valence-electron chi connectivity index (χ1n) is 9.50. The third kappa shape index (κ3) is 4.78. The highest BCUT2D eigenvalue weighted by molar-refractivity contribution is 7.18. The van der Waals surface area contributed by atoms with E-state index in [4.69, 9.17) is 0 Å². The van der Waals surface area contributed by atoms with Crippen molar-refractivity contribution in [2.24, 2.45) is 5.92 Å². The first-order chi connectivity index (χ1) is 14.2. The predicted molar refractivity (Wildman–Crippen MR) is 114 cm³/mol. The van der Waals surface area contributed by atoms with Gasteiger partial charge in [-0.05, 0) is 25.0 Å². The number of carbonyl (C=O) groups excluding carboxylic acids is 2. The third-order valence-corrected chi connectivity index (χ3v) is 5.74. The molecule has 1 aliphatic heterocycles. The van der Waals surface area contributed by atoms with Gasteiger partial charge in [-0.2, -0.15) is 0 Å². The topological polar surface area (TPSA) is 87.2 Å². The Labute approximate surface area is 172 Å². The van der Waals surface area contributed by atoms with Crippen molar-refractivity contribution in [3.8, 4) is 10.6 Å². The fraction of sp³-hybridized carbons (Fsp3) is 0.238. The molecule has 7 nitrogen and oxygen atoms in total. The Hall–Kier alpha value is -3.26. The van der Waals surface area contributed by atoms with Gasteiger partial charge in [-0.25, -0.2) is 4.79 Å². The minimum atomic E-state index is -0.139. The lowest BCUT2D eigenvalue weighted by Crippen LogP contribution is -2.43. The minimum Gasteiger partial charge on any atom is -0.324 e. The number of hydrogen-bond donors (Lipinski definition) is 2. The molecule has 148 valence electrons. The van der Waals surface area contributed by atoms with Gasteiger partial charge in [0, 0.05) is 30.3 Å². The molecule has 0 aliphatic carbocycles. The Morgan fingerprint density at radius 3 is 2.24 bits per heavy atom. The number of anilines is 2. The maximum Gasteiger partial charge on any atom is 0.321 e. The van der Waals surface area contributed by atoms with Gasteiger partial charge in [-0.1, -0.05) is 59.9 Å². The lowest BCUT2D eigenvalue weighted by molar-refractivity contribution is -0.121. The highest BCUT2D eigenvalue weighted by atomic mass is 32.1. The largest absolute Gasteiger partial charge is 0.324 e. The van der Waals surface area contributed by atoms with Crippen molar-refractivity contribution in [1.82, 2.24) is 15.1 Å². The second-order valence-electron chi connectivity index (χ2n) is 6.83.